The van der Waals surface area contributed by atoms with E-state index in [1.165, 1.54) is 12.8 Å². The summed E-state index contributed by atoms with van der Waals surface area (Å²) >= 11 is 0. The smallest absolute Gasteiger partial charge is 0.152 e. The topological polar surface area (TPSA) is 60.2 Å². The molecular weight excluding hydrogens is 186 g/mol. The summed E-state index contributed by atoms with van der Waals surface area (Å²) in [6, 6.07) is 0. The largest absolute Gasteiger partial charge is 0.325 e. The van der Waals surface area contributed by atoms with E-state index in [9.17, 15) is 8.42 Å². The molecule has 4 heteroatoms. The van der Waals surface area contributed by atoms with E-state index in [1.54, 1.807) is 13.8 Å². The number of hydrogen-bond acceptors (Lipinski definition) is 3. The maximum Gasteiger partial charge on any atom is 0.152 e. The lowest BCUT2D eigenvalue weighted by atomic mass is 10.1. The molecule has 0 heterocycles. The van der Waals surface area contributed by atoms with Gasteiger partial charge in [-0.3, -0.25) is 0 Å². The van der Waals surface area contributed by atoms with Crippen molar-refractivity contribution in [1.82, 2.24) is 0 Å². The maximum absolute atomic E-state index is 11.5. The summed E-state index contributed by atoms with van der Waals surface area (Å²) in [6.45, 7) is 3.50. The zero-order chi connectivity index (χ0) is 10.1. The molecule has 0 saturated heterocycles. The molecule has 0 aliphatic heterocycles. The predicted molar refractivity (Wildman–Crippen MR) is 54.3 cm³/mol. The van der Waals surface area contributed by atoms with Gasteiger partial charge in [0, 0.05) is 5.54 Å². The molecule has 0 amide bonds. The van der Waals surface area contributed by atoms with Crippen LogP contribution in [0.1, 0.15) is 33.1 Å². The molecule has 1 fully saturated rings. The first-order chi connectivity index (χ1) is 5.79. The van der Waals surface area contributed by atoms with Crippen molar-refractivity contribution < 1.29 is 8.42 Å². The molecule has 0 aromatic rings. The van der Waals surface area contributed by atoms with Gasteiger partial charge >= 0.3 is 0 Å². The van der Waals surface area contributed by atoms with Crippen molar-refractivity contribution in [2.75, 3.05) is 11.5 Å². The number of sulfone groups is 1. The van der Waals surface area contributed by atoms with Crippen LogP contribution in [-0.4, -0.2) is 25.5 Å². The van der Waals surface area contributed by atoms with Crippen LogP contribution in [0.5, 0.6) is 0 Å². The molecule has 0 spiro atoms. The van der Waals surface area contributed by atoms with E-state index in [1.807, 2.05) is 0 Å². The van der Waals surface area contributed by atoms with Crippen molar-refractivity contribution in [3.63, 3.8) is 0 Å². The van der Waals surface area contributed by atoms with E-state index in [0.29, 0.717) is 11.7 Å². The fourth-order valence-electron chi connectivity index (χ4n) is 1.39. The van der Waals surface area contributed by atoms with Crippen LogP contribution < -0.4 is 5.73 Å². The van der Waals surface area contributed by atoms with Crippen LogP contribution in [0, 0.1) is 5.92 Å². The average molecular weight is 205 g/mol. The molecule has 78 valence electrons. The SMILES string of the molecule is CC(C)(N)CS(=O)(=O)CCC1CC1. The van der Waals surface area contributed by atoms with E-state index in [0.717, 1.165) is 6.42 Å². The molecule has 0 unspecified atom stereocenters. The first kappa shape index (κ1) is 11.0. The summed E-state index contributed by atoms with van der Waals surface area (Å²) < 4.78 is 23.0. The normalized spacial score (nSPS) is 19.0. The van der Waals surface area contributed by atoms with Crippen LogP contribution in [0.25, 0.3) is 0 Å². The second kappa shape index (κ2) is 3.58. The Morgan fingerprint density at radius 1 is 1.38 bits per heavy atom. The molecule has 0 aromatic carbocycles. The number of hydrogen-bond donors (Lipinski definition) is 1. The van der Waals surface area contributed by atoms with Gasteiger partial charge < -0.3 is 5.73 Å². The van der Waals surface area contributed by atoms with Crippen molar-refractivity contribution in [2.45, 2.75) is 38.6 Å². The molecule has 1 saturated carbocycles. The fraction of sp³-hybridized carbons (Fsp3) is 1.00. The van der Waals surface area contributed by atoms with Gasteiger partial charge in [0.15, 0.2) is 9.84 Å². The molecule has 13 heavy (non-hydrogen) atoms. The maximum atomic E-state index is 11.5. The zero-order valence-electron chi connectivity index (χ0n) is 8.41. The highest BCUT2D eigenvalue weighted by atomic mass is 32.2. The molecule has 0 radical (unpaired) electrons. The van der Waals surface area contributed by atoms with Crippen molar-refractivity contribution in [2.24, 2.45) is 11.7 Å². The zero-order valence-corrected chi connectivity index (χ0v) is 9.23. The summed E-state index contributed by atoms with van der Waals surface area (Å²) in [7, 11) is -2.92. The minimum atomic E-state index is -2.92. The van der Waals surface area contributed by atoms with Crippen LogP contribution in [0.15, 0.2) is 0 Å². The third-order valence-corrected chi connectivity index (χ3v) is 4.17. The Bertz CT molecular complexity index is 260. The molecule has 0 bridgehead atoms. The highest BCUT2D eigenvalue weighted by molar-refractivity contribution is 7.91. The van der Waals surface area contributed by atoms with E-state index < -0.39 is 15.4 Å². The summed E-state index contributed by atoms with van der Waals surface area (Å²) in [6.07, 6.45) is 3.25. The van der Waals surface area contributed by atoms with Crippen molar-refractivity contribution in [3.8, 4) is 0 Å². The standard InChI is InChI=1S/C9H19NO2S/c1-9(2,10)7-13(11,12)6-5-8-3-4-8/h8H,3-7,10H2,1-2H3. The van der Waals surface area contributed by atoms with Gasteiger partial charge in [-0.25, -0.2) is 8.42 Å². The Labute approximate surface area is 80.6 Å². The fourth-order valence-corrected chi connectivity index (χ4v) is 3.36. The van der Waals surface area contributed by atoms with Gasteiger partial charge in [-0.15, -0.1) is 0 Å². The first-order valence-corrected chi connectivity index (χ1v) is 6.60. The third-order valence-electron chi connectivity index (χ3n) is 2.13. The van der Waals surface area contributed by atoms with Gasteiger partial charge in [-0.1, -0.05) is 12.8 Å². The molecule has 3 nitrogen and oxygen atoms in total. The van der Waals surface area contributed by atoms with Crippen molar-refractivity contribution in [3.05, 3.63) is 0 Å². The van der Waals surface area contributed by atoms with E-state index in [4.69, 9.17) is 5.73 Å². The van der Waals surface area contributed by atoms with E-state index in [2.05, 4.69) is 0 Å². The Balaban J connectivity index is 2.36. The first-order valence-electron chi connectivity index (χ1n) is 4.78. The van der Waals surface area contributed by atoms with Gasteiger partial charge in [0.1, 0.15) is 0 Å². The second-order valence-corrected chi connectivity index (χ2v) is 7.00. The van der Waals surface area contributed by atoms with Crippen LogP contribution in [0.4, 0.5) is 0 Å². The Morgan fingerprint density at radius 3 is 2.31 bits per heavy atom. The molecular formula is C9H19NO2S. The minimum Gasteiger partial charge on any atom is -0.325 e. The lowest BCUT2D eigenvalue weighted by molar-refractivity contribution is 0.541. The summed E-state index contributed by atoms with van der Waals surface area (Å²) in [4.78, 5) is 0. The van der Waals surface area contributed by atoms with Gasteiger partial charge in [0.05, 0.1) is 11.5 Å². The van der Waals surface area contributed by atoms with E-state index >= 15 is 0 Å². The van der Waals surface area contributed by atoms with Crippen LogP contribution >= 0.6 is 0 Å². The predicted octanol–water partition coefficient (Wildman–Crippen LogP) is 0.939. The van der Waals surface area contributed by atoms with Gasteiger partial charge in [-0.2, -0.15) is 0 Å². The van der Waals surface area contributed by atoms with Crippen molar-refractivity contribution >= 4 is 9.84 Å². The van der Waals surface area contributed by atoms with Crippen molar-refractivity contribution in [1.29, 1.82) is 0 Å². The Kier molecular flexibility index (Phi) is 3.02. The number of rotatable bonds is 5. The van der Waals surface area contributed by atoms with Gasteiger partial charge in [-0.05, 0) is 26.2 Å². The molecule has 0 atom stereocenters. The van der Waals surface area contributed by atoms with Gasteiger partial charge in [0.2, 0.25) is 0 Å². The van der Waals surface area contributed by atoms with Crippen LogP contribution in [-0.2, 0) is 9.84 Å². The lowest BCUT2D eigenvalue weighted by Crippen LogP contribution is -2.40. The second-order valence-electron chi connectivity index (χ2n) is 4.81. The summed E-state index contributed by atoms with van der Waals surface area (Å²) in [5.74, 6) is 1.10. The monoisotopic (exact) mass is 205 g/mol. The molecule has 1 rings (SSSR count). The molecule has 2 N–H and O–H groups in total. The quantitative estimate of drug-likeness (QED) is 0.726. The molecule has 1 aliphatic rings. The van der Waals surface area contributed by atoms with Crippen LogP contribution in [0.2, 0.25) is 0 Å². The molecule has 0 aromatic heterocycles. The Hall–Kier alpha value is -0.0900. The van der Waals surface area contributed by atoms with Crippen LogP contribution in [0.3, 0.4) is 0 Å². The minimum absolute atomic E-state index is 0.104. The Morgan fingerprint density at radius 2 is 1.92 bits per heavy atom. The van der Waals surface area contributed by atoms with Gasteiger partial charge in [0.25, 0.3) is 0 Å². The number of nitrogens with two attached hydrogens (primary N) is 1. The average Bonchev–Trinajstić information content (AvgIpc) is 2.59. The summed E-state index contributed by atoms with van der Waals surface area (Å²) in [5.41, 5.74) is 5.07. The highest BCUT2D eigenvalue weighted by Gasteiger charge is 2.26. The lowest BCUT2D eigenvalue weighted by Gasteiger charge is -2.17. The highest BCUT2D eigenvalue weighted by Crippen LogP contribution is 2.32. The third kappa shape index (κ3) is 5.26. The summed E-state index contributed by atoms with van der Waals surface area (Å²) in [5, 5.41) is 0. The van der Waals surface area contributed by atoms with E-state index in [-0.39, 0.29) is 5.75 Å². The molecule has 1 aliphatic carbocycles.